The Labute approximate surface area is 386 Å². The fraction of sp³-hybridized carbons (Fsp3) is 0. The molecule has 0 aliphatic carbocycles. The predicted octanol–water partition coefficient (Wildman–Crippen LogP) is 17.0. The van der Waals surface area contributed by atoms with Crippen LogP contribution in [0.25, 0.3) is 140 Å². The van der Waals surface area contributed by atoms with E-state index in [0.29, 0.717) is 0 Å². The maximum atomic E-state index is 5.46. The number of benzene rings is 8. The fourth-order valence-corrected chi connectivity index (χ4v) is 11.9. The number of aromatic nitrogens is 4. The molecule has 66 heavy (non-hydrogen) atoms. The average Bonchev–Trinajstić information content (AvgIpc) is 3.96. The van der Waals surface area contributed by atoms with Crippen molar-refractivity contribution in [3.8, 4) is 56.2 Å². The fourth-order valence-electron chi connectivity index (χ4n) is 9.73. The van der Waals surface area contributed by atoms with Crippen molar-refractivity contribution in [2.24, 2.45) is 0 Å². The minimum atomic E-state index is 0.875. The molecule has 0 N–H and O–H groups in total. The van der Waals surface area contributed by atoms with Gasteiger partial charge in [-0.2, -0.15) is 0 Å². The van der Waals surface area contributed by atoms with Crippen molar-refractivity contribution < 1.29 is 0 Å². The maximum Gasteiger partial charge on any atom is 0.0978 e. The summed E-state index contributed by atoms with van der Waals surface area (Å²) in [6, 6.07) is 73.7. The SMILES string of the molecule is c1ccc(-c2cc(-c3ccc4sc5ccccc5c4c3)nc3c2ccc2ccc(-c4cccc(-c5ccc6ccc7ccc(-c8ccc9sc%10ccccc%10c9c8)nc7c6n5)c4)nc23)cc1. The van der Waals surface area contributed by atoms with Gasteiger partial charge in [-0.1, -0.05) is 140 Å². The van der Waals surface area contributed by atoms with Gasteiger partial charge in [0.1, 0.15) is 0 Å². The van der Waals surface area contributed by atoms with Gasteiger partial charge in [0.2, 0.25) is 0 Å². The first-order chi connectivity index (χ1) is 32.6. The first-order valence-corrected chi connectivity index (χ1v) is 23.7. The number of pyridine rings is 4. The summed E-state index contributed by atoms with van der Waals surface area (Å²) < 4.78 is 5.15. The highest BCUT2D eigenvalue weighted by Crippen LogP contribution is 2.41. The Morgan fingerprint density at radius 2 is 0.667 bits per heavy atom. The van der Waals surface area contributed by atoms with E-state index in [9.17, 15) is 0 Å². The minimum Gasteiger partial charge on any atom is -0.245 e. The van der Waals surface area contributed by atoms with E-state index in [4.69, 9.17) is 19.9 Å². The second kappa shape index (κ2) is 14.7. The Bertz CT molecular complexity index is 4300. The van der Waals surface area contributed by atoms with E-state index >= 15 is 0 Å². The first kappa shape index (κ1) is 37.2. The third-order valence-electron chi connectivity index (χ3n) is 13.0. The second-order valence-corrected chi connectivity index (χ2v) is 19.1. The molecule has 0 spiro atoms. The Balaban J connectivity index is 0.881. The van der Waals surface area contributed by atoms with Gasteiger partial charge in [-0.3, -0.25) is 0 Å². The lowest BCUT2D eigenvalue weighted by molar-refractivity contribution is 1.35. The van der Waals surface area contributed by atoms with Crippen molar-refractivity contribution in [1.82, 2.24) is 19.9 Å². The first-order valence-electron chi connectivity index (χ1n) is 22.1. The summed E-state index contributed by atoms with van der Waals surface area (Å²) in [5.41, 5.74) is 13.7. The minimum absolute atomic E-state index is 0.875. The molecule has 6 heteroatoms. The zero-order chi connectivity index (χ0) is 43.3. The van der Waals surface area contributed by atoms with Crippen LogP contribution in [0.1, 0.15) is 0 Å². The molecule has 0 unspecified atom stereocenters. The quantitative estimate of drug-likeness (QED) is 0.162. The average molecular weight is 875 g/mol. The molecule has 4 nitrogen and oxygen atoms in total. The van der Waals surface area contributed by atoms with Crippen LogP contribution in [0, 0.1) is 0 Å². The highest BCUT2D eigenvalue weighted by atomic mass is 32.1. The van der Waals surface area contributed by atoms with Crippen LogP contribution in [-0.2, 0) is 0 Å². The summed E-state index contributed by atoms with van der Waals surface area (Å²) in [4.78, 5) is 21.5. The molecular formula is C60H34N4S2. The van der Waals surface area contributed by atoms with Gasteiger partial charge in [-0.15, -0.1) is 22.7 Å². The van der Waals surface area contributed by atoms with Gasteiger partial charge in [-0.05, 0) is 77.9 Å². The largest absolute Gasteiger partial charge is 0.245 e. The molecule has 0 saturated carbocycles. The van der Waals surface area contributed by atoms with Crippen LogP contribution < -0.4 is 0 Å². The molecule has 14 rings (SSSR count). The van der Waals surface area contributed by atoms with Crippen LogP contribution in [0.15, 0.2) is 206 Å². The molecular weight excluding hydrogens is 841 g/mol. The molecule has 0 saturated heterocycles. The highest BCUT2D eigenvalue weighted by Gasteiger charge is 2.17. The third-order valence-corrected chi connectivity index (χ3v) is 15.3. The second-order valence-electron chi connectivity index (χ2n) is 17.0. The molecule has 6 heterocycles. The third kappa shape index (κ3) is 6.03. The number of thiophene rings is 2. The van der Waals surface area contributed by atoms with E-state index in [1.165, 1.54) is 40.3 Å². The van der Waals surface area contributed by atoms with Crippen molar-refractivity contribution >= 4 is 107 Å². The lowest BCUT2D eigenvalue weighted by Crippen LogP contribution is -1.94. The Hall–Kier alpha value is -8.16. The lowest BCUT2D eigenvalue weighted by Gasteiger charge is -2.13. The topological polar surface area (TPSA) is 51.6 Å². The highest BCUT2D eigenvalue weighted by molar-refractivity contribution is 7.26. The van der Waals surface area contributed by atoms with Crippen LogP contribution in [0.5, 0.6) is 0 Å². The summed E-state index contributed by atoms with van der Waals surface area (Å²) >= 11 is 3.67. The predicted molar refractivity (Wildman–Crippen MR) is 281 cm³/mol. The van der Waals surface area contributed by atoms with E-state index in [1.807, 2.05) is 22.7 Å². The number of rotatable bonds is 5. The number of hydrogen-bond acceptors (Lipinski definition) is 6. The zero-order valence-corrected chi connectivity index (χ0v) is 36.9. The molecule has 6 aromatic heterocycles. The Morgan fingerprint density at radius 1 is 0.242 bits per heavy atom. The normalized spacial score (nSPS) is 11.9. The zero-order valence-electron chi connectivity index (χ0n) is 35.2. The van der Waals surface area contributed by atoms with E-state index < -0.39 is 0 Å². The van der Waals surface area contributed by atoms with E-state index in [0.717, 1.165) is 99.8 Å². The Kier molecular flexibility index (Phi) is 8.29. The van der Waals surface area contributed by atoms with Crippen LogP contribution >= 0.6 is 22.7 Å². The molecule has 0 bridgehead atoms. The number of hydrogen-bond donors (Lipinski definition) is 0. The molecule has 8 aromatic carbocycles. The number of nitrogens with zero attached hydrogens (tertiary/aromatic N) is 4. The maximum absolute atomic E-state index is 5.46. The van der Waals surface area contributed by atoms with Gasteiger partial charge in [0.25, 0.3) is 0 Å². The summed E-state index contributed by atoms with van der Waals surface area (Å²) in [7, 11) is 0. The lowest BCUT2D eigenvalue weighted by atomic mass is 9.96. The summed E-state index contributed by atoms with van der Waals surface area (Å²) in [6.07, 6.45) is 0. The van der Waals surface area contributed by atoms with Crippen LogP contribution in [0.4, 0.5) is 0 Å². The molecule has 0 fully saturated rings. The molecule has 0 amide bonds. The van der Waals surface area contributed by atoms with E-state index in [-0.39, 0.29) is 0 Å². The smallest absolute Gasteiger partial charge is 0.0978 e. The standard InChI is InChI=1S/C60H34N4S2/c1-2-9-35(10-3-1)46-34-52(42-24-30-56-48(33-42)44-14-5-7-16-54(44)66-56)64-60-45(46)25-19-38-22-27-50(63-59(38)60)40-12-8-11-39(31-40)49-26-20-36-17-18-37-21-28-51(62-58(37)57(36)61-49)41-23-29-55-47(32-41)43-13-4-6-15-53(43)65-55/h1-34H. The van der Waals surface area contributed by atoms with E-state index in [1.54, 1.807) is 0 Å². The van der Waals surface area contributed by atoms with Gasteiger partial charge >= 0.3 is 0 Å². The number of fused-ring (bicyclic) bond motifs is 12. The molecule has 0 radical (unpaired) electrons. The monoisotopic (exact) mass is 874 g/mol. The van der Waals surface area contributed by atoms with Crippen molar-refractivity contribution in [3.05, 3.63) is 206 Å². The summed E-state index contributed by atoms with van der Waals surface area (Å²) in [5, 5.41) is 9.31. The Morgan fingerprint density at radius 3 is 1.24 bits per heavy atom. The van der Waals surface area contributed by atoms with Crippen LogP contribution in [0.3, 0.4) is 0 Å². The van der Waals surface area contributed by atoms with Gasteiger partial charge in [0.05, 0.1) is 44.8 Å². The van der Waals surface area contributed by atoms with Crippen molar-refractivity contribution in [3.63, 3.8) is 0 Å². The summed E-state index contributed by atoms with van der Waals surface area (Å²) in [5.74, 6) is 0. The van der Waals surface area contributed by atoms with Gasteiger partial charge in [0, 0.05) is 84.1 Å². The van der Waals surface area contributed by atoms with Crippen LogP contribution in [0.2, 0.25) is 0 Å². The molecule has 0 aliphatic rings. The van der Waals surface area contributed by atoms with Gasteiger partial charge in [-0.25, -0.2) is 19.9 Å². The molecule has 14 aromatic rings. The van der Waals surface area contributed by atoms with Crippen molar-refractivity contribution in [2.45, 2.75) is 0 Å². The van der Waals surface area contributed by atoms with Crippen molar-refractivity contribution in [1.29, 1.82) is 0 Å². The van der Waals surface area contributed by atoms with Crippen LogP contribution in [-0.4, -0.2) is 19.9 Å². The van der Waals surface area contributed by atoms with E-state index in [2.05, 4.69) is 206 Å². The van der Waals surface area contributed by atoms with Gasteiger partial charge < -0.3 is 0 Å². The molecule has 0 atom stereocenters. The van der Waals surface area contributed by atoms with Gasteiger partial charge in [0.15, 0.2) is 0 Å². The molecule has 0 aliphatic heterocycles. The molecule has 306 valence electrons. The summed E-state index contributed by atoms with van der Waals surface area (Å²) in [6.45, 7) is 0. The van der Waals surface area contributed by atoms with Crippen molar-refractivity contribution in [2.75, 3.05) is 0 Å².